The van der Waals surface area contributed by atoms with E-state index in [-0.39, 0.29) is 28.2 Å². The molecular formula is C20H14ClF5N2O3. The fourth-order valence-corrected chi connectivity index (χ4v) is 3.47. The maximum atomic E-state index is 13.6. The molecule has 0 aliphatic carbocycles. The van der Waals surface area contributed by atoms with Gasteiger partial charge < -0.3 is 15.0 Å². The van der Waals surface area contributed by atoms with E-state index in [0.717, 1.165) is 6.07 Å². The van der Waals surface area contributed by atoms with Gasteiger partial charge in [0.05, 0.1) is 16.1 Å². The summed E-state index contributed by atoms with van der Waals surface area (Å²) in [6, 6.07) is 2.77. The number of amides is 1. The molecule has 2 aromatic carbocycles. The SMILES string of the molecule is CCn1c(C(=O)NC(c2ccc(F)c(F)c2)C(F)(F)F)cc2cc(C(=O)O)c(Cl)cc21. The van der Waals surface area contributed by atoms with Crippen molar-refractivity contribution < 1.29 is 36.6 Å². The van der Waals surface area contributed by atoms with Gasteiger partial charge >= 0.3 is 12.1 Å². The van der Waals surface area contributed by atoms with E-state index >= 15 is 0 Å². The van der Waals surface area contributed by atoms with Gasteiger partial charge in [0.15, 0.2) is 17.7 Å². The third kappa shape index (κ3) is 4.34. The number of nitrogens with zero attached hydrogens (tertiary/aromatic N) is 1. The molecule has 2 N–H and O–H groups in total. The Morgan fingerprint density at radius 2 is 1.81 bits per heavy atom. The van der Waals surface area contributed by atoms with Crippen molar-refractivity contribution in [1.82, 2.24) is 9.88 Å². The number of alkyl halides is 3. The zero-order chi connectivity index (χ0) is 23.1. The predicted octanol–water partition coefficient (Wildman–Crippen LogP) is 5.32. The van der Waals surface area contributed by atoms with Crippen molar-refractivity contribution in [3.63, 3.8) is 0 Å². The zero-order valence-electron chi connectivity index (χ0n) is 15.7. The topological polar surface area (TPSA) is 71.3 Å². The van der Waals surface area contributed by atoms with Crippen LogP contribution in [0.5, 0.6) is 0 Å². The second kappa shape index (κ2) is 8.18. The number of rotatable bonds is 5. The van der Waals surface area contributed by atoms with Crippen LogP contribution < -0.4 is 5.32 Å². The number of aromatic nitrogens is 1. The minimum atomic E-state index is -5.00. The molecule has 1 unspecified atom stereocenters. The monoisotopic (exact) mass is 460 g/mol. The molecule has 0 aliphatic heterocycles. The van der Waals surface area contributed by atoms with Crippen molar-refractivity contribution in [3.8, 4) is 0 Å². The van der Waals surface area contributed by atoms with Crippen molar-refractivity contribution in [2.75, 3.05) is 0 Å². The molecule has 0 fully saturated rings. The van der Waals surface area contributed by atoms with Crippen molar-refractivity contribution in [1.29, 1.82) is 0 Å². The highest BCUT2D eigenvalue weighted by atomic mass is 35.5. The third-order valence-electron chi connectivity index (χ3n) is 4.65. The number of fused-ring (bicyclic) bond motifs is 1. The summed E-state index contributed by atoms with van der Waals surface area (Å²) in [4.78, 5) is 24.0. The molecule has 0 radical (unpaired) electrons. The molecule has 31 heavy (non-hydrogen) atoms. The second-order valence-electron chi connectivity index (χ2n) is 6.59. The lowest BCUT2D eigenvalue weighted by Crippen LogP contribution is -2.39. The zero-order valence-corrected chi connectivity index (χ0v) is 16.5. The van der Waals surface area contributed by atoms with Gasteiger partial charge in [-0.1, -0.05) is 17.7 Å². The molecule has 1 atom stereocenters. The van der Waals surface area contributed by atoms with E-state index < -0.39 is 41.3 Å². The highest BCUT2D eigenvalue weighted by Gasteiger charge is 2.42. The molecule has 11 heteroatoms. The van der Waals surface area contributed by atoms with Crippen molar-refractivity contribution in [3.05, 3.63) is 69.9 Å². The van der Waals surface area contributed by atoms with Crippen molar-refractivity contribution >= 4 is 34.4 Å². The fraction of sp³-hybridized carbons (Fsp3) is 0.200. The first-order valence-corrected chi connectivity index (χ1v) is 9.20. The van der Waals surface area contributed by atoms with E-state index in [1.807, 2.05) is 0 Å². The molecule has 1 heterocycles. The number of carbonyl (C=O) groups excluding carboxylic acids is 1. The van der Waals surface area contributed by atoms with Gasteiger partial charge in [-0.15, -0.1) is 0 Å². The number of benzene rings is 2. The molecular weight excluding hydrogens is 447 g/mol. The molecule has 3 aromatic rings. The number of carboxylic acid groups (broad SMARTS) is 1. The van der Waals surface area contributed by atoms with Gasteiger partial charge in [0, 0.05) is 11.9 Å². The van der Waals surface area contributed by atoms with Crippen LogP contribution in [-0.2, 0) is 6.54 Å². The largest absolute Gasteiger partial charge is 0.478 e. The van der Waals surface area contributed by atoms with E-state index in [1.165, 1.54) is 22.8 Å². The summed E-state index contributed by atoms with van der Waals surface area (Å²) in [7, 11) is 0. The minimum absolute atomic E-state index is 0.102. The van der Waals surface area contributed by atoms with E-state index in [1.54, 1.807) is 12.2 Å². The first-order chi connectivity index (χ1) is 14.4. The van der Waals surface area contributed by atoms with E-state index in [0.29, 0.717) is 17.6 Å². The van der Waals surface area contributed by atoms with Gasteiger partial charge in [0.1, 0.15) is 5.69 Å². The summed E-state index contributed by atoms with van der Waals surface area (Å²) in [6.07, 6.45) is -5.00. The van der Waals surface area contributed by atoms with Crippen LogP contribution >= 0.6 is 11.6 Å². The van der Waals surface area contributed by atoms with Crippen LogP contribution in [0.4, 0.5) is 22.0 Å². The number of halogens is 6. The Bertz CT molecular complexity index is 1190. The Kier molecular flexibility index (Phi) is 5.95. The average Bonchev–Trinajstić information content (AvgIpc) is 3.04. The number of carboxylic acids is 1. The Hall–Kier alpha value is -3.14. The van der Waals surface area contributed by atoms with Gasteiger partial charge in [0.2, 0.25) is 0 Å². The lowest BCUT2D eigenvalue weighted by Gasteiger charge is -2.22. The van der Waals surface area contributed by atoms with Crippen LogP contribution in [-0.4, -0.2) is 27.7 Å². The standard InChI is InChI=1S/C20H14ClF5N2O3/c1-2-28-15-8-12(21)11(19(30)31)5-10(15)7-16(28)18(29)27-17(20(24,25)26)9-3-4-13(22)14(23)6-9/h3-8,17H,2H2,1H3,(H,27,29)(H,30,31). The Morgan fingerprint density at radius 1 is 1.13 bits per heavy atom. The maximum Gasteiger partial charge on any atom is 0.412 e. The molecule has 1 aromatic heterocycles. The summed E-state index contributed by atoms with van der Waals surface area (Å²) in [6.45, 7) is 1.79. The maximum absolute atomic E-state index is 13.6. The van der Waals surface area contributed by atoms with E-state index in [4.69, 9.17) is 11.6 Å². The summed E-state index contributed by atoms with van der Waals surface area (Å²) in [5, 5.41) is 11.2. The van der Waals surface area contributed by atoms with Crippen LogP contribution in [0.1, 0.15) is 39.4 Å². The summed E-state index contributed by atoms with van der Waals surface area (Å²) in [5.74, 6) is -5.26. The normalized spacial score (nSPS) is 12.7. The van der Waals surface area contributed by atoms with Crippen LogP contribution in [0.15, 0.2) is 36.4 Å². The van der Waals surface area contributed by atoms with Crippen molar-refractivity contribution in [2.45, 2.75) is 25.7 Å². The highest BCUT2D eigenvalue weighted by Crippen LogP contribution is 2.34. The fourth-order valence-electron chi connectivity index (χ4n) is 3.23. The number of hydrogen-bond donors (Lipinski definition) is 2. The average molecular weight is 461 g/mol. The van der Waals surface area contributed by atoms with Gasteiger partial charge in [-0.3, -0.25) is 4.79 Å². The van der Waals surface area contributed by atoms with Gasteiger partial charge in [-0.2, -0.15) is 13.2 Å². The molecule has 0 saturated heterocycles. The lowest BCUT2D eigenvalue weighted by atomic mass is 10.1. The first kappa shape index (κ1) is 22.5. The second-order valence-corrected chi connectivity index (χ2v) is 7.00. The highest BCUT2D eigenvalue weighted by molar-refractivity contribution is 6.34. The van der Waals surface area contributed by atoms with Gasteiger partial charge in [-0.05, 0) is 42.8 Å². The molecule has 0 saturated carbocycles. The Morgan fingerprint density at radius 3 is 2.35 bits per heavy atom. The van der Waals surface area contributed by atoms with Gasteiger partial charge in [-0.25, -0.2) is 13.6 Å². The Labute approximate surface area is 177 Å². The number of carbonyl (C=O) groups is 2. The van der Waals surface area contributed by atoms with E-state index in [2.05, 4.69) is 0 Å². The summed E-state index contributed by atoms with van der Waals surface area (Å²) in [5.41, 5.74) is -0.758. The molecule has 3 rings (SSSR count). The van der Waals surface area contributed by atoms with E-state index in [9.17, 15) is 36.6 Å². The van der Waals surface area contributed by atoms with Crippen LogP contribution in [0.3, 0.4) is 0 Å². The third-order valence-corrected chi connectivity index (χ3v) is 4.96. The predicted molar refractivity (Wildman–Crippen MR) is 102 cm³/mol. The molecule has 0 aliphatic rings. The Balaban J connectivity index is 2.05. The van der Waals surface area contributed by atoms with Crippen LogP contribution in [0.2, 0.25) is 5.02 Å². The molecule has 0 spiro atoms. The quantitative estimate of drug-likeness (QED) is 0.506. The number of aromatic carboxylic acids is 1. The smallest absolute Gasteiger partial charge is 0.412 e. The minimum Gasteiger partial charge on any atom is -0.478 e. The molecule has 5 nitrogen and oxygen atoms in total. The van der Waals surface area contributed by atoms with Crippen LogP contribution in [0, 0.1) is 11.6 Å². The summed E-state index contributed by atoms with van der Waals surface area (Å²) < 4.78 is 68.7. The lowest BCUT2D eigenvalue weighted by molar-refractivity contribution is -0.155. The molecule has 164 valence electrons. The number of hydrogen-bond acceptors (Lipinski definition) is 2. The number of aryl methyl sites for hydroxylation is 1. The number of nitrogens with one attached hydrogen (secondary N) is 1. The first-order valence-electron chi connectivity index (χ1n) is 8.82. The van der Waals surface area contributed by atoms with Crippen LogP contribution in [0.25, 0.3) is 10.9 Å². The van der Waals surface area contributed by atoms with Crippen molar-refractivity contribution in [2.24, 2.45) is 0 Å². The van der Waals surface area contributed by atoms with Gasteiger partial charge in [0.25, 0.3) is 5.91 Å². The molecule has 1 amide bonds. The molecule has 0 bridgehead atoms. The summed E-state index contributed by atoms with van der Waals surface area (Å²) >= 11 is 5.96.